The molecule has 6 nitrogen and oxygen atoms in total. The number of hydrogen-bond donors (Lipinski definition) is 1. The van der Waals surface area contributed by atoms with Gasteiger partial charge in [-0.3, -0.25) is 14.0 Å². The van der Waals surface area contributed by atoms with Crippen molar-refractivity contribution < 1.29 is 9.53 Å². The van der Waals surface area contributed by atoms with Crippen molar-refractivity contribution in [3.05, 3.63) is 44.9 Å². The van der Waals surface area contributed by atoms with Crippen LogP contribution in [0.2, 0.25) is 0 Å². The monoisotopic (exact) mass is 407 g/mol. The van der Waals surface area contributed by atoms with E-state index in [4.69, 9.17) is 4.74 Å². The maximum atomic E-state index is 12.5. The van der Waals surface area contributed by atoms with Crippen LogP contribution in [0.25, 0.3) is 5.65 Å². The Labute approximate surface area is 154 Å². The molecule has 1 fully saturated rings. The first-order valence-electron chi connectivity index (χ1n) is 8.63. The molecule has 1 N–H and O–H groups in total. The number of rotatable bonds is 5. The second kappa shape index (κ2) is 8.10. The Morgan fingerprint density at radius 1 is 1.40 bits per heavy atom. The second-order valence-corrected chi connectivity index (χ2v) is 7.40. The summed E-state index contributed by atoms with van der Waals surface area (Å²) in [6.07, 6.45) is 7.96. The lowest BCUT2D eigenvalue weighted by Crippen LogP contribution is -2.35. The first-order valence-corrected chi connectivity index (χ1v) is 9.42. The van der Waals surface area contributed by atoms with Crippen molar-refractivity contribution in [2.75, 3.05) is 13.2 Å². The van der Waals surface area contributed by atoms with Crippen LogP contribution in [0.15, 0.2) is 33.8 Å². The van der Waals surface area contributed by atoms with Gasteiger partial charge in [-0.1, -0.05) is 19.8 Å². The Morgan fingerprint density at radius 3 is 3.00 bits per heavy atom. The molecule has 25 heavy (non-hydrogen) atoms. The highest BCUT2D eigenvalue weighted by Crippen LogP contribution is 2.25. The molecular formula is C18H22BrN3O3. The number of aromatic nitrogens is 2. The number of amides is 1. The third-order valence-corrected chi connectivity index (χ3v) is 5.13. The lowest BCUT2D eigenvalue weighted by atomic mass is 9.88. The van der Waals surface area contributed by atoms with Crippen LogP contribution in [0.4, 0.5) is 0 Å². The molecule has 2 heterocycles. The largest absolute Gasteiger partial charge is 0.376 e. The lowest BCUT2D eigenvalue weighted by molar-refractivity contribution is -0.00294. The molecule has 0 aliphatic heterocycles. The Morgan fingerprint density at radius 2 is 2.20 bits per heavy atom. The van der Waals surface area contributed by atoms with Crippen LogP contribution >= 0.6 is 15.9 Å². The Hall–Kier alpha value is -1.73. The predicted molar refractivity (Wildman–Crippen MR) is 98.9 cm³/mol. The summed E-state index contributed by atoms with van der Waals surface area (Å²) in [5, 5.41) is 2.74. The topological polar surface area (TPSA) is 72.7 Å². The molecular weight excluding hydrogens is 386 g/mol. The molecule has 0 bridgehead atoms. The number of ether oxygens (including phenoxy) is 1. The predicted octanol–water partition coefficient (Wildman–Crippen LogP) is 2.78. The number of nitrogens with one attached hydrogen (secondary N) is 1. The normalized spacial score (nSPS) is 20.6. The van der Waals surface area contributed by atoms with Gasteiger partial charge in [0.1, 0.15) is 11.2 Å². The molecule has 7 heteroatoms. The van der Waals surface area contributed by atoms with Crippen LogP contribution in [0.5, 0.6) is 0 Å². The van der Waals surface area contributed by atoms with Gasteiger partial charge >= 0.3 is 0 Å². The van der Waals surface area contributed by atoms with E-state index in [-0.39, 0.29) is 17.2 Å². The van der Waals surface area contributed by atoms with Crippen LogP contribution in [0.3, 0.4) is 0 Å². The van der Waals surface area contributed by atoms with E-state index in [1.54, 1.807) is 18.3 Å². The highest BCUT2D eigenvalue weighted by atomic mass is 79.9. The molecule has 1 amide bonds. The molecule has 2 aromatic heterocycles. The number of pyridine rings is 1. The van der Waals surface area contributed by atoms with Gasteiger partial charge in [0.2, 0.25) is 0 Å². The molecule has 3 rings (SSSR count). The van der Waals surface area contributed by atoms with Crippen molar-refractivity contribution in [1.29, 1.82) is 0 Å². The minimum Gasteiger partial charge on any atom is -0.376 e. The van der Waals surface area contributed by atoms with Crippen molar-refractivity contribution in [2.24, 2.45) is 5.92 Å². The summed E-state index contributed by atoms with van der Waals surface area (Å²) in [7, 11) is 0. The van der Waals surface area contributed by atoms with Gasteiger partial charge in [-0.05, 0) is 46.8 Å². The highest BCUT2D eigenvalue weighted by molar-refractivity contribution is 9.10. The van der Waals surface area contributed by atoms with E-state index in [2.05, 4.69) is 33.2 Å². The zero-order chi connectivity index (χ0) is 17.8. The molecule has 2 aromatic rings. The highest BCUT2D eigenvalue weighted by Gasteiger charge is 2.21. The van der Waals surface area contributed by atoms with Crippen LogP contribution in [0, 0.1) is 5.92 Å². The standard InChI is InChI=1S/C18H22BrN3O3/c1-12-4-2-3-5-15(12)25-9-8-20-17(23)14-10-21-16-7-6-13(19)11-22(16)18(14)24/h6-7,10-12,15H,2-5,8-9H2,1H3,(H,20,23). The van der Waals surface area contributed by atoms with Gasteiger partial charge < -0.3 is 10.1 Å². The maximum absolute atomic E-state index is 12.5. The van der Waals surface area contributed by atoms with Crippen molar-refractivity contribution in [1.82, 2.24) is 14.7 Å². The quantitative estimate of drug-likeness (QED) is 0.773. The van der Waals surface area contributed by atoms with Gasteiger partial charge in [-0.15, -0.1) is 0 Å². The number of halogens is 1. The van der Waals surface area contributed by atoms with E-state index in [1.165, 1.54) is 29.9 Å². The molecule has 134 valence electrons. The van der Waals surface area contributed by atoms with Crippen molar-refractivity contribution in [3.8, 4) is 0 Å². The van der Waals surface area contributed by atoms with Gasteiger partial charge in [-0.25, -0.2) is 4.98 Å². The minimum absolute atomic E-state index is 0.0293. The van der Waals surface area contributed by atoms with E-state index < -0.39 is 5.91 Å². The van der Waals surface area contributed by atoms with Gasteiger partial charge in [-0.2, -0.15) is 0 Å². The Bertz CT molecular complexity index is 821. The molecule has 1 saturated carbocycles. The summed E-state index contributed by atoms with van der Waals surface area (Å²) in [5.41, 5.74) is 0.145. The van der Waals surface area contributed by atoms with E-state index in [9.17, 15) is 9.59 Å². The zero-order valence-corrected chi connectivity index (χ0v) is 15.8. The molecule has 1 aliphatic rings. The number of carbonyl (C=O) groups is 1. The first kappa shape index (κ1) is 18.1. The second-order valence-electron chi connectivity index (χ2n) is 6.48. The van der Waals surface area contributed by atoms with E-state index >= 15 is 0 Å². The van der Waals surface area contributed by atoms with Gasteiger partial charge in [0.15, 0.2) is 0 Å². The third-order valence-electron chi connectivity index (χ3n) is 4.66. The zero-order valence-electron chi connectivity index (χ0n) is 14.2. The van der Waals surface area contributed by atoms with Crippen molar-refractivity contribution in [3.63, 3.8) is 0 Å². The summed E-state index contributed by atoms with van der Waals surface area (Å²) in [6.45, 7) is 3.04. The summed E-state index contributed by atoms with van der Waals surface area (Å²) in [4.78, 5) is 28.9. The first-order chi connectivity index (χ1) is 12.1. The molecule has 2 atom stereocenters. The Balaban J connectivity index is 1.59. The minimum atomic E-state index is -0.424. The van der Waals surface area contributed by atoms with Crippen molar-refractivity contribution in [2.45, 2.75) is 38.7 Å². The number of nitrogens with zero attached hydrogens (tertiary/aromatic N) is 2. The fourth-order valence-corrected chi connectivity index (χ4v) is 3.54. The van der Waals surface area contributed by atoms with Crippen LogP contribution in [0.1, 0.15) is 43.0 Å². The van der Waals surface area contributed by atoms with E-state index in [0.717, 1.165) is 10.9 Å². The van der Waals surface area contributed by atoms with Crippen LogP contribution in [-0.4, -0.2) is 34.5 Å². The molecule has 0 aromatic carbocycles. The number of fused-ring (bicyclic) bond motifs is 1. The Kier molecular flexibility index (Phi) is 5.86. The molecule has 0 radical (unpaired) electrons. The maximum Gasteiger partial charge on any atom is 0.270 e. The van der Waals surface area contributed by atoms with Gasteiger partial charge in [0, 0.05) is 23.4 Å². The molecule has 0 spiro atoms. The fourth-order valence-electron chi connectivity index (χ4n) is 3.21. The number of hydrogen-bond acceptors (Lipinski definition) is 4. The van der Waals surface area contributed by atoms with Crippen LogP contribution < -0.4 is 10.9 Å². The third kappa shape index (κ3) is 4.27. The lowest BCUT2D eigenvalue weighted by Gasteiger charge is -2.28. The fraction of sp³-hybridized carbons (Fsp3) is 0.500. The summed E-state index contributed by atoms with van der Waals surface area (Å²) in [6, 6.07) is 3.51. The average molecular weight is 408 g/mol. The SMILES string of the molecule is CC1CCCCC1OCCNC(=O)c1cnc2ccc(Br)cn2c1=O. The van der Waals surface area contributed by atoms with Gasteiger partial charge in [0.05, 0.1) is 12.7 Å². The number of carbonyl (C=O) groups excluding carboxylic acids is 1. The van der Waals surface area contributed by atoms with E-state index in [1.807, 2.05) is 0 Å². The van der Waals surface area contributed by atoms with E-state index in [0.29, 0.717) is 24.7 Å². The summed E-state index contributed by atoms with van der Waals surface area (Å²) in [5.74, 6) is 0.143. The summed E-state index contributed by atoms with van der Waals surface area (Å²) < 4.78 is 7.98. The van der Waals surface area contributed by atoms with Crippen LogP contribution in [-0.2, 0) is 4.74 Å². The molecule has 2 unspecified atom stereocenters. The summed E-state index contributed by atoms with van der Waals surface area (Å²) >= 11 is 3.32. The molecule has 1 aliphatic carbocycles. The van der Waals surface area contributed by atoms with Crippen molar-refractivity contribution >= 4 is 27.5 Å². The molecule has 0 saturated heterocycles. The van der Waals surface area contributed by atoms with Gasteiger partial charge in [0.25, 0.3) is 11.5 Å². The smallest absolute Gasteiger partial charge is 0.270 e. The average Bonchev–Trinajstić information content (AvgIpc) is 2.61.